The van der Waals surface area contributed by atoms with Crippen molar-refractivity contribution in [1.29, 1.82) is 0 Å². The maximum atomic E-state index is 13.4. The second-order valence-electron chi connectivity index (χ2n) is 6.33. The quantitative estimate of drug-likeness (QED) is 0.551. The highest BCUT2D eigenvalue weighted by Crippen LogP contribution is 2.35. The van der Waals surface area contributed by atoms with Crippen LogP contribution in [0.4, 0.5) is 4.39 Å². The Morgan fingerprint density at radius 2 is 1.55 bits per heavy atom. The van der Waals surface area contributed by atoms with Crippen molar-refractivity contribution in [2.75, 3.05) is 0 Å². The van der Waals surface area contributed by atoms with Crippen LogP contribution < -0.4 is 0 Å². The lowest BCUT2D eigenvalue weighted by atomic mass is 9.76. The minimum absolute atomic E-state index is 0.0217. The minimum atomic E-state index is -0.437. The summed E-state index contributed by atoms with van der Waals surface area (Å²) in [7, 11) is 0. The van der Waals surface area contributed by atoms with Gasteiger partial charge >= 0.3 is 0 Å². The zero-order chi connectivity index (χ0) is 15.0. The number of rotatable bonds is 10. The standard InChI is InChI=1S/C17H31FN2/c1-5-7-9-11-13-17(4,12-10-8-6-2)15-14(3)19-16(18)20-15/h5-13H2,1-4H3,(H,19,20). The molecule has 0 aliphatic heterocycles. The van der Waals surface area contributed by atoms with Crippen LogP contribution in [0.2, 0.25) is 0 Å². The van der Waals surface area contributed by atoms with Gasteiger partial charge < -0.3 is 4.98 Å². The number of nitrogens with one attached hydrogen (secondary N) is 1. The third-order valence-corrected chi connectivity index (χ3v) is 4.34. The van der Waals surface area contributed by atoms with Crippen molar-refractivity contribution in [3.8, 4) is 0 Å². The van der Waals surface area contributed by atoms with Gasteiger partial charge in [0.1, 0.15) is 0 Å². The molecule has 0 aliphatic rings. The highest BCUT2D eigenvalue weighted by molar-refractivity contribution is 5.20. The van der Waals surface area contributed by atoms with E-state index >= 15 is 0 Å². The first-order chi connectivity index (χ1) is 9.53. The number of aryl methyl sites for hydroxylation is 1. The zero-order valence-electron chi connectivity index (χ0n) is 13.7. The molecule has 1 aromatic heterocycles. The number of hydrogen-bond acceptors (Lipinski definition) is 1. The predicted octanol–water partition coefficient (Wildman–Crippen LogP) is 5.67. The van der Waals surface area contributed by atoms with E-state index in [1.807, 2.05) is 6.92 Å². The molecule has 2 nitrogen and oxygen atoms in total. The van der Waals surface area contributed by atoms with Crippen LogP contribution in [-0.2, 0) is 5.41 Å². The van der Waals surface area contributed by atoms with Gasteiger partial charge in [-0.25, -0.2) is 4.98 Å². The van der Waals surface area contributed by atoms with Crippen LogP contribution in [0, 0.1) is 13.0 Å². The van der Waals surface area contributed by atoms with Crippen molar-refractivity contribution in [1.82, 2.24) is 9.97 Å². The fourth-order valence-electron chi connectivity index (χ4n) is 3.08. The molecule has 1 N–H and O–H groups in total. The van der Waals surface area contributed by atoms with E-state index in [1.54, 1.807) is 0 Å². The molecular formula is C17H31FN2. The summed E-state index contributed by atoms with van der Waals surface area (Å²) in [5, 5.41) is 0. The number of halogens is 1. The van der Waals surface area contributed by atoms with Crippen molar-refractivity contribution in [3.63, 3.8) is 0 Å². The number of hydrogen-bond donors (Lipinski definition) is 1. The van der Waals surface area contributed by atoms with Gasteiger partial charge in [0, 0.05) is 11.1 Å². The third kappa shape index (κ3) is 4.92. The third-order valence-electron chi connectivity index (χ3n) is 4.34. The van der Waals surface area contributed by atoms with Gasteiger partial charge in [-0.3, -0.25) is 0 Å². The molecule has 0 spiro atoms. The average molecular weight is 282 g/mol. The van der Waals surface area contributed by atoms with Gasteiger partial charge in [0.05, 0.1) is 5.69 Å². The normalized spacial score (nSPS) is 14.4. The molecule has 1 unspecified atom stereocenters. The summed E-state index contributed by atoms with van der Waals surface area (Å²) >= 11 is 0. The first kappa shape index (κ1) is 17.2. The summed E-state index contributed by atoms with van der Waals surface area (Å²) in [6.45, 7) is 8.65. The van der Waals surface area contributed by atoms with E-state index < -0.39 is 6.08 Å². The molecule has 0 saturated carbocycles. The molecule has 1 aromatic rings. The second-order valence-corrected chi connectivity index (χ2v) is 6.33. The highest BCUT2D eigenvalue weighted by Gasteiger charge is 2.30. The van der Waals surface area contributed by atoms with E-state index in [2.05, 4.69) is 30.7 Å². The molecule has 0 saturated heterocycles. The molecule has 0 aromatic carbocycles. The molecule has 0 amide bonds. The van der Waals surface area contributed by atoms with Crippen LogP contribution in [0.15, 0.2) is 0 Å². The fourth-order valence-corrected chi connectivity index (χ4v) is 3.08. The van der Waals surface area contributed by atoms with Crippen LogP contribution in [0.25, 0.3) is 0 Å². The molecular weight excluding hydrogens is 251 g/mol. The Hall–Kier alpha value is -0.860. The molecule has 1 heterocycles. The number of nitrogens with zero attached hydrogens (tertiary/aromatic N) is 1. The number of unbranched alkanes of at least 4 members (excludes halogenated alkanes) is 5. The summed E-state index contributed by atoms with van der Waals surface area (Å²) in [5.41, 5.74) is 1.87. The van der Waals surface area contributed by atoms with Gasteiger partial charge in [0.25, 0.3) is 6.08 Å². The summed E-state index contributed by atoms with van der Waals surface area (Å²) in [4.78, 5) is 6.87. The van der Waals surface area contributed by atoms with Crippen LogP contribution in [0.5, 0.6) is 0 Å². The van der Waals surface area contributed by atoms with Gasteiger partial charge in [-0.1, -0.05) is 65.7 Å². The molecule has 20 heavy (non-hydrogen) atoms. The number of H-pyrrole nitrogens is 1. The Balaban J connectivity index is 2.74. The Labute approximate surface area is 123 Å². The van der Waals surface area contributed by atoms with Gasteiger partial charge in [-0.2, -0.15) is 4.39 Å². The lowest BCUT2D eigenvalue weighted by Crippen LogP contribution is -2.24. The molecule has 0 bridgehead atoms. The summed E-state index contributed by atoms with van der Waals surface area (Å²) < 4.78 is 13.4. The van der Waals surface area contributed by atoms with Crippen molar-refractivity contribution >= 4 is 0 Å². The van der Waals surface area contributed by atoms with E-state index in [0.717, 1.165) is 24.2 Å². The predicted molar refractivity (Wildman–Crippen MR) is 83.5 cm³/mol. The Morgan fingerprint density at radius 1 is 1.00 bits per heavy atom. The first-order valence-corrected chi connectivity index (χ1v) is 8.26. The minimum Gasteiger partial charge on any atom is -0.318 e. The molecule has 3 heteroatoms. The monoisotopic (exact) mass is 282 g/mol. The Kier molecular flexibility index (Phi) is 7.25. The summed E-state index contributed by atoms with van der Waals surface area (Å²) in [6.07, 6.45) is 10.5. The SMILES string of the molecule is CCCCCCC(C)(CCCCC)c1nc(F)[nH]c1C. The highest BCUT2D eigenvalue weighted by atomic mass is 19.1. The average Bonchev–Trinajstić information content (AvgIpc) is 2.75. The van der Waals surface area contributed by atoms with Crippen LogP contribution in [0.1, 0.15) is 89.9 Å². The van der Waals surface area contributed by atoms with Crippen molar-refractivity contribution in [2.45, 2.75) is 90.9 Å². The molecule has 1 rings (SSSR count). The second kappa shape index (κ2) is 8.43. The molecule has 0 radical (unpaired) electrons. The molecule has 1 atom stereocenters. The van der Waals surface area contributed by atoms with Crippen molar-refractivity contribution in [2.24, 2.45) is 0 Å². The van der Waals surface area contributed by atoms with Crippen LogP contribution in [-0.4, -0.2) is 9.97 Å². The molecule has 0 aliphatic carbocycles. The van der Waals surface area contributed by atoms with Gasteiger partial charge in [0.2, 0.25) is 0 Å². The Bertz CT molecular complexity index is 386. The van der Waals surface area contributed by atoms with E-state index in [-0.39, 0.29) is 5.41 Å². The maximum absolute atomic E-state index is 13.4. The summed E-state index contributed by atoms with van der Waals surface area (Å²) in [5.74, 6) is 0. The van der Waals surface area contributed by atoms with Crippen molar-refractivity contribution < 1.29 is 4.39 Å². The fraction of sp³-hybridized carbons (Fsp3) is 0.824. The van der Waals surface area contributed by atoms with Crippen LogP contribution in [0.3, 0.4) is 0 Å². The number of aromatic amines is 1. The van der Waals surface area contributed by atoms with Gasteiger partial charge in [-0.05, 0) is 19.8 Å². The van der Waals surface area contributed by atoms with E-state index in [0.29, 0.717) is 0 Å². The maximum Gasteiger partial charge on any atom is 0.286 e. The Morgan fingerprint density at radius 3 is 2.05 bits per heavy atom. The largest absolute Gasteiger partial charge is 0.318 e. The molecule has 116 valence electrons. The van der Waals surface area contributed by atoms with E-state index in [9.17, 15) is 4.39 Å². The zero-order valence-corrected chi connectivity index (χ0v) is 13.7. The first-order valence-electron chi connectivity index (χ1n) is 8.26. The topological polar surface area (TPSA) is 28.7 Å². The number of aromatic nitrogens is 2. The van der Waals surface area contributed by atoms with Crippen molar-refractivity contribution in [3.05, 3.63) is 17.5 Å². The van der Waals surface area contributed by atoms with E-state index in [4.69, 9.17) is 0 Å². The number of imidazole rings is 1. The van der Waals surface area contributed by atoms with E-state index in [1.165, 1.54) is 44.9 Å². The smallest absolute Gasteiger partial charge is 0.286 e. The molecule has 0 fully saturated rings. The lowest BCUT2D eigenvalue weighted by Gasteiger charge is -2.29. The van der Waals surface area contributed by atoms with Crippen LogP contribution >= 0.6 is 0 Å². The van der Waals surface area contributed by atoms with Gasteiger partial charge in [-0.15, -0.1) is 0 Å². The summed E-state index contributed by atoms with van der Waals surface area (Å²) in [6, 6.07) is 0. The lowest BCUT2D eigenvalue weighted by molar-refractivity contribution is 0.354. The van der Waals surface area contributed by atoms with Gasteiger partial charge in [0.15, 0.2) is 0 Å².